The minimum atomic E-state index is -0.648. The first-order valence-corrected chi connectivity index (χ1v) is 8.33. The van der Waals surface area contributed by atoms with Gasteiger partial charge in [0.1, 0.15) is 4.92 Å². The number of furan rings is 1. The molecule has 0 aliphatic rings. The molecule has 2 rings (SSSR count). The number of hydrogen-bond acceptors (Lipinski definition) is 12. The molecule has 0 atom stereocenters. The topological polar surface area (TPSA) is 184 Å². The summed E-state index contributed by atoms with van der Waals surface area (Å²) in [5, 5.41) is 17.4. The molecule has 2 aromatic heterocycles. The Hall–Kier alpha value is -3.77. The fourth-order valence-corrected chi connectivity index (χ4v) is 2.06. The molecule has 28 heavy (non-hydrogen) atoms. The standard InChI is InChI=1S/C15H20N8O5/c1-27-12(24)5-3-2-4-8-17-14-19-13(16)20-15(21-14)22-18-9-10-6-7-11(28-10)23(25)26/h6-7,9H,2-5,8H2,1H3,(H4,16,17,19,20,21,22)/b18-9+. The maximum atomic E-state index is 11.0. The third-order valence-electron chi connectivity index (χ3n) is 3.37. The molecule has 0 bridgehead atoms. The van der Waals surface area contributed by atoms with Crippen molar-refractivity contribution < 1.29 is 18.9 Å². The van der Waals surface area contributed by atoms with E-state index < -0.39 is 4.92 Å². The largest absolute Gasteiger partial charge is 0.469 e. The van der Waals surface area contributed by atoms with Crippen molar-refractivity contribution in [1.82, 2.24) is 15.0 Å². The number of nitro groups is 1. The highest BCUT2D eigenvalue weighted by Crippen LogP contribution is 2.14. The van der Waals surface area contributed by atoms with Gasteiger partial charge in [-0.1, -0.05) is 6.42 Å². The number of nitrogen functional groups attached to an aromatic ring is 1. The van der Waals surface area contributed by atoms with Gasteiger partial charge in [-0.2, -0.15) is 20.1 Å². The van der Waals surface area contributed by atoms with Gasteiger partial charge in [-0.05, 0) is 18.9 Å². The molecule has 0 amide bonds. The van der Waals surface area contributed by atoms with E-state index in [1.807, 2.05) is 0 Å². The van der Waals surface area contributed by atoms with E-state index in [-0.39, 0.29) is 35.5 Å². The summed E-state index contributed by atoms with van der Waals surface area (Å²) >= 11 is 0. The van der Waals surface area contributed by atoms with Crippen molar-refractivity contribution in [3.05, 3.63) is 28.0 Å². The lowest BCUT2D eigenvalue weighted by Gasteiger charge is -2.06. The number of methoxy groups -OCH3 is 1. The number of ether oxygens (including phenoxy) is 1. The van der Waals surface area contributed by atoms with E-state index in [1.54, 1.807) is 0 Å². The van der Waals surface area contributed by atoms with Gasteiger partial charge in [-0.15, -0.1) is 0 Å². The molecular formula is C15H20N8O5. The first-order chi connectivity index (χ1) is 13.5. The third-order valence-corrected chi connectivity index (χ3v) is 3.37. The summed E-state index contributed by atoms with van der Waals surface area (Å²) < 4.78 is 9.51. The first kappa shape index (κ1) is 20.5. The van der Waals surface area contributed by atoms with Crippen LogP contribution >= 0.6 is 0 Å². The lowest BCUT2D eigenvalue weighted by Crippen LogP contribution is -2.10. The fraction of sp³-hybridized carbons (Fsp3) is 0.400. The Morgan fingerprint density at radius 2 is 2.11 bits per heavy atom. The third kappa shape index (κ3) is 6.86. The van der Waals surface area contributed by atoms with Crippen LogP contribution in [-0.2, 0) is 9.53 Å². The minimum absolute atomic E-state index is 0.00507. The molecule has 0 aromatic carbocycles. The van der Waals surface area contributed by atoms with Crippen molar-refractivity contribution in [1.29, 1.82) is 0 Å². The number of hydrazone groups is 1. The molecule has 0 spiro atoms. The highest BCUT2D eigenvalue weighted by atomic mass is 16.6. The summed E-state index contributed by atoms with van der Waals surface area (Å²) in [4.78, 5) is 32.9. The average Bonchev–Trinajstić information content (AvgIpc) is 3.13. The molecule has 0 radical (unpaired) electrons. The second kappa shape index (κ2) is 10.4. The number of hydrogen-bond donors (Lipinski definition) is 3. The second-order valence-corrected chi connectivity index (χ2v) is 5.46. The van der Waals surface area contributed by atoms with Crippen LogP contribution in [0, 0.1) is 10.1 Å². The van der Waals surface area contributed by atoms with E-state index in [9.17, 15) is 14.9 Å². The van der Waals surface area contributed by atoms with E-state index in [2.05, 4.69) is 35.5 Å². The summed E-state index contributed by atoms with van der Waals surface area (Å²) in [6.07, 6.45) is 4.01. The molecule has 0 fully saturated rings. The Morgan fingerprint density at radius 3 is 2.82 bits per heavy atom. The maximum absolute atomic E-state index is 11.0. The van der Waals surface area contributed by atoms with Gasteiger partial charge in [0.2, 0.25) is 17.8 Å². The average molecular weight is 392 g/mol. The van der Waals surface area contributed by atoms with Gasteiger partial charge >= 0.3 is 11.9 Å². The van der Waals surface area contributed by atoms with E-state index in [4.69, 9.17) is 10.2 Å². The van der Waals surface area contributed by atoms with Crippen LogP contribution in [0.3, 0.4) is 0 Å². The molecular weight excluding hydrogens is 372 g/mol. The second-order valence-electron chi connectivity index (χ2n) is 5.46. The van der Waals surface area contributed by atoms with E-state index >= 15 is 0 Å². The van der Waals surface area contributed by atoms with Crippen molar-refractivity contribution in [2.45, 2.75) is 25.7 Å². The number of unbranched alkanes of at least 4 members (excludes halogenated alkanes) is 2. The molecule has 150 valence electrons. The van der Waals surface area contributed by atoms with Crippen molar-refractivity contribution in [2.75, 3.05) is 30.1 Å². The zero-order valence-electron chi connectivity index (χ0n) is 15.1. The van der Waals surface area contributed by atoms with Gasteiger partial charge in [-0.25, -0.2) is 5.43 Å². The van der Waals surface area contributed by atoms with Gasteiger partial charge in [0, 0.05) is 13.0 Å². The molecule has 0 aliphatic heterocycles. The van der Waals surface area contributed by atoms with Crippen LogP contribution in [-0.4, -0.2) is 45.7 Å². The quantitative estimate of drug-likeness (QED) is 0.166. The van der Waals surface area contributed by atoms with Crippen molar-refractivity contribution in [3.8, 4) is 0 Å². The van der Waals surface area contributed by atoms with Gasteiger partial charge in [0.25, 0.3) is 0 Å². The molecule has 0 saturated heterocycles. The highest BCUT2D eigenvalue weighted by molar-refractivity contribution is 5.76. The molecule has 13 nitrogen and oxygen atoms in total. The molecule has 0 saturated carbocycles. The van der Waals surface area contributed by atoms with Crippen LogP contribution in [0.25, 0.3) is 0 Å². The Kier molecular flexibility index (Phi) is 7.63. The Balaban J connectivity index is 1.80. The number of esters is 1. The molecule has 2 heterocycles. The fourth-order valence-electron chi connectivity index (χ4n) is 2.06. The number of aromatic nitrogens is 3. The predicted octanol–water partition coefficient (Wildman–Crippen LogP) is 1.55. The van der Waals surface area contributed by atoms with Gasteiger partial charge in [0.15, 0.2) is 5.76 Å². The molecule has 2 aromatic rings. The van der Waals surface area contributed by atoms with Crippen LogP contribution in [0.1, 0.15) is 31.4 Å². The van der Waals surface area contributed by atoms with Crippen LogP contribution in [0.5, 0.6) is 0 Å². The van der Waals surface area contributed by atoms with Gasteiger partial charge in [0.05, 0.1) is 19.4 Å². The Morgan fingerprint density at radius 1 is 1.32 bits per heavy atom. The summed E-state index contributed by atoms with van der Waals surface area (Å²) in [6, 6.07) is 2.62. The normalized spacial score (nSPS) is 10.8. The Labute approximate surface area is 159 Å². The zero-order chi connectivity index (χ0) is 20.4. The van der Waals surface area contributed by atoms with Crippen molar-refractivity contribution in [3.63, 3.8) is 0 Å². The smallest absolute Gasteiger partial charge is 0.433 e. The van der Waals surface area contributed by atoms with E-state index in [0.717, 1.165) is 19.3 Å². The maximum Gasteiger partial charge on any atom is 0.433 e. The number of nitrogens with zero attached hydrogens (tertiary/aromatic N) is 5. The lowest BCUT2D eigenvalue weighted by molar-refractivity contribution is -0.402. The molecule has 0 unspecified atom stereocenters. The van der Waals surface area contributed by atoms with Crippen molar-refractivity contribution >= 4 is 35.9 Å². The van der Waals surface area contributed by atoms with Gasteiger partial charge in [-0.3, -0.25) is 14.9 Å². The van der Waals surface area contributed by atoms with Crippen LogP contribution in [0.2, 0.25) is 0 Å². The number of carbonyl (C=O) groups is 1. The molecule has 13 heteroatoms. The van der Waals surface area contributed by atoms with Crippen LogP contribution < -0.4 is 16.5 Å². The summed E-state index contributed by atoms with van der Waals surface area (Å²) in [7, 11) is 1.36. The predicted molar refractivity (Wildman–Crippen MR) is 99.8 cm³/mol. The monoisotopic (exact) mass is 392 g/mol. The number of nitrogens with two attached hydrogens (primary N) is 1. The SMILES string of the molecule is COC(=O)CCCCCNc1nc(N)nc(N/N=C/c2ccc([N+](=O)[O-])o2)n1. The lowest BCUT2D eigenvalue weighted by atomic mass is 10.2. The number of carbonyl (C=O) groups excluding carboxylic acids is 1. The van der Waals surface area contributed by atoms with Crippen molar-refractivity contribution in [2.24, 2.45) is 5.10 Å². The number of rotatable bonds is 11. The van der Waals surface area contributed by atoms with Gasteiger partial charge < -0.3 is 20.2 Å². The number of nitrogens with one attached hydrogen (secondary N) is 2. The Bertz CT molecular complexity index is 838. The summed E-state index contributed by atoms with van der Waals surface area (Å²) in [5.74, 6) is -0.0617. The van der Waals surface area contributed by atoms with Crippen LogP contribution in [0.4, 0.5) is 23.7 Å². The zero-order valence-corrected chi connectivity index (χ0v) is 15.1. The first-order valence-electron chi connectivity index (χ1n) is 8.33. The minimum Gasteiger partial charge on any atom is -0.469 e. The highest BCUT2D eigenvalue weighted by Gasteiger charge is 2.10. The molecule has 0 aliphatic carbocycles. The van der Waals surface area contributed by atoms with Crippen LogP contribution in [0.15, 0.2) is 21.7 Å². The number of anilines is 3. The molecule has 4 N–H and O–H groups in total. The summed E-state index contributed by atoms with van der Waals surface area (Å²) in [6.45, 7) is 0.587. The van der Waals surface area contributed by atoms with E-state index in [0.29, 0.717) is 13.0 Å². The van der Waals surface area contributed by atoms with E-state index in [1.165, 1.54) is 25.5 Å². The summed E-state index contributed by atoms with van der Waals surface area (Å²) in [5.41, 5.74) is 8.19.